The van der Waals surface area contributed by atoms with Crippen LogP contribution in [-0.2, 0) is 4.74 Å². The molecule has 0 bridgehead atoms. The smallest absolute Gasteiger partial charge is 0.0572 e. The molecule has 0 amide bonds. The van der Waals surface area contributed by atoms with Crippen molar-refractivity contribution < 1.29 is 4.74 Å². The van der Waals surface area contributed by atoms with Crippen molar-refractivity contribution in [2.24, 2.45) is 0 Å². The molecule has 0 fully saturated rings. The van der Waals surface area contributed by atoms with E-state index in [9.17, 15) is 0 Å². The summed E-state index contributed by atoms with van der Waals surface area (Å²) in [7, 11) is 0. The van der Waals surface area contributed by atoms with Crippen molar-refractivity contribution in [3.8, 4) is 0 Å². The Kier molecular flexibility index (Phi) is 12.0. The van der Waals surface area contributed by atoms with Gasteiger partial charge in [0.2, 0.25) is 0 Å². The summed E-state index contributed by atoms with van der Waals surface area (Å²) in [6.07, 6.45) is 12.2. The minimum absolute atomic E-state index is 0.526. The van der Waals surface area contributed by atoms with Crippen LogP contribution in [0.1, 0.15) is 78.6 Å². The van der Waals surface area contributed by atoms with Gasteiger partial charge < -0.3 is 4.74 Å². The quantitative estimate of drug-likeness (QED) is 0.442. The number of hydrogen-bond donors (Lipinski definition) is 0. The van der Waals surface area contributed by atoms with E-state index in [2.05, 4.69) is 20.8 Å². The van der Waals surface area contributed by atoms with E-state index in [0.717, 1.165) is 6.61 Å². The van der Waals surface area contributed by atoms with Crippen LogP contribution >= 0.6 is 0 Å². The molecule has 15 heavy (non-hydrogen) atoms. The van der Waals surface area contributed by atoms with Gasteiger partial charge in [0.05, 0.1) is 6.10 Å². The summed E-state index contributed by atoms with van der Waals surface area (Å²) in [5, 5.41) is 0. The molecule has 92 valence electrons. The first-order valence-corrected chi connectivity index (χ1v) is 6.96. The average Bonchev–Trinajstić information content (AvgIpc) is 2.26. The van der Waals surface area contributed by atoms with Crippen LogP contribution in [-0.4, -0.2) is 12.7 Å². The molecule has 0 aliphatic rings. The molecule has 0 saturated carbocycles. The molecule has 0 heterocycles. The molecule has 0 radical (unpaired) electrons. The number of ether oxygens (including phenoxy) is 1. The van der Waals surface area contributed by atoms with E-state index in [-0.39, 0.29) is 0 Å². The molecule has 0 rings (SSSR count). The Bertz CT molecular complexity index is 112. The molecule has 1 unspecified atom stereocenters. The Hall–Kier alpha value is -0.0400. The Morgan fingerprint density at radius 1 is 0.800 bits per heavy atom. The predicted molar refractivity (Wildman–Crippen MR) is 68.3 cm³/mol. The minimum atomic E-state index is 0.526. The van der Waals surface area contributed by atoms with Crippen LogP contribution in [0.4, 0.5) is 0 Å². The molecule has 0 aliphatic heterocycles. The Balaban J connectivity index is 3.28. The fourth-order valence-corrected chi connectivity index (χ4v) is 1.81. The van der Waals surface area contributed by atoms with Gasteiger partial charge in [0.1, 0.15) is 0 Å². The summed E-state index contributed by atoms with van der Waals surface area (Å²) < 4.78 is 5.88. The van der Waals surface area contributed by atoms with Gasteiger partial charge in [-0.25, -0.2) is 0 Å². The van der Waals surface area contributed by atoms with Crippen molar-refractivity contribution in [2.45, 2.75) is 84.7 Å². The first-order chi connectivity index (χ1) is 7.35. The van der Waals surface area contributed by atoms with Crippen LogP contribution in [0.2, 0.25) is 0 Å². The molecule has 0 spiro atoms. The predicted octanol–water partition coefficient (Wildman–Crippen LogP) is 4.94. The molecule has 1 nitrogen and oxygen atoms in total. The second-order valence-corrected chi connectivity index (χ2v) is 4.46. The fraction of sp³-hybridized carbons (Fsp3) is 1.00. The third-order valence-electron chi connectivity index (χ3n) is 2.94. The van der Waals surface area contributed by atoms with Gasteiger partial charge in [-0.3, -0.25) is 0 Å². The number of rotatable bonds is 11. The van der Waals surface area contributed by atoms with Crippen LogP contribution in [0.3, 0.4) is 0 Å². The molecule has 0 aliphatic carbocycles. The lowest BCUT2D eigenvalue weighted by atomic mass is 10.1. The van der Waals surface area contributed by atoms with E-state index in [0.29, 0.717) is 6.10 Å². The Labute approximate surface area is 96.6 Å². The zero-order valence-electron chi connectivity index (χ0n) is 11.1. The largest absolute Gasteiger partial charge is 0.378 e. The first kappa shape index (κ1) is 15.0. The zero-order valence-corrected chi connectivity index (χ0v) is 11.1. The molecule has 0 saturated heterocycles. The van der Waals surface area contributed by atoms with E-state index < -0.39 is 0 Å². The average molecular weight is 214 g/mol. The highest BCUT2D eigenvalue weighted by atomic mass is 16.5. The van der Waals surface area contributed by atoms with E-state index in [1.54, 1.807) is 0 Å². The number of unbranched alkanes of at least 4 members (excludes halogenated alkanes) is 5. The lowest BCUT2D eigenvalue weighted by Crippen LogP contribution is -2.12. The van der Waals surface area contributed by atoms with Crippen molar-refractivity contribution in [2.75, 3.05) is 6.61 Å². The Morgan fingerprint density at radius 2 is 1.47 bits per heavy atom. The summed E-state index contributed by atoms with van der Waals surface area (Å²) in [5.74, 6) is 0. The molecule has 0 aromatic heterocycles. The van der Waals surface area contributed by atoms with E-state index in [1.165, 1.54) is 57.8 Å². The summed E-state index contributed by atoms with van der Waals surface area (Å²) in [4.78, 5) is 0. The SMILES string of the molecule is CCCCCCOC(CC)CCCCC. The van der Waals surface area contributed by atoms with Crippen LogP contribution in [0.15, 0.2) is 0 Å². The third kappa shape index (κ3) is 10.2. The third-order valence-corrected chi connectivity index (χ3v) is 2.94. The second-order valence-electron chi connectivity index (χ2n) is 4.46. The molecule has 0 N–H and O–H groups in total. The number of hydrogen-bond acceptors (Lipinski definition) is 1. The van der Waals surface area contributed by atoms with Gasteiger partial charge in [0, 0.05) is 6.61 Å². The first-order valence-electron chi connectivity index (χ1n) is 6.96. The molecule has 1 heteroatoms. The lowest BCUT2D eigenvalue weighted by molar-refractivity contribution is 0.0408. The van der Waals surface area contributed by atoms with Crippen LogP contribution in [0.25, 0.3) is 0 Å². The van der Waals surface area contributed by atoms with Gasteiger partial charge in [-0.1, -0.05) is 59.3 Å². The van der Waals surface area contributed by atoms with E-state index in [1.807, 2.05) is 0 Å². The van der Waals surface area contributed by atoms with Crippen molar-refractivity contribution >= 4 is 0 Å². The molecule has 1 atom stereocenters. The molecule has 0 aromatic rings. The van der Waals surface area contributed by atoms with Gasteiger partial charge in [-0.2, -0.15) is 0 Å². The van der Waals surface area contributed by atoms with Gasteiger partial charge in [-0.15, -0.1) is 0 Å². The van der Waals surface area contributed by atoms with Crippen LogP contribution in [0, 0.1) is 0 Å². The second kappa shape index (κ2) is 12.0. The van der Waals surface area contributed by atoms with E-state index >= 15 is 0 Å². The summed E-state index contributed by atoms with van der Waals surface area (Å²) in [6.45, 7) is 7.72. The highest BCUT2D eigenvalue weighted by Gasteiger charge is 2.05. The van der Waals surface area contributed by atoms with Gasteiger partial charge in [0.25, 0.3) is 0 Å². The molecular formula is C14H30O. The normalized spacial score (nSPS) is 13.0. The van der Waals surface area contributed by atoms with Crippen molar-refractivity contribution in [3.05, 3.63) is 0 Å². The van der Waals surface area contributed by atoms with Crippen molar-refractivity contribution in [3.63, 3.8) is 0 Å². The maximum atomic E-state index is 5.88. The Morgan fingerprint density at radius 3 is 2.07 bits per heavy atom. The standard InChI is InChI=1S/C14H30O/c1-4-7-9-11-13-15-14(6-3)12-10-8-5-2/h14H,4-13H2,1-3H3. The van der Waals surface area contributed by atoms with Gasteiger partial charge in [-0.05, 0) is 19.3 Å². The highest BCUT2D eigenvalue weighted by Crippen LogP contribution is 2.11. The minimum Gasteiger partial charge on any atom is -0.378 e. The monoisotopic (exact) mass is 214 g/mol. The topological polar surface area (TPSA) is 9.23 Å². The van der Waals surface area contributed by atoms with Crippen molar-refractivity contribution in [1.29, 1.82) is 0 Å². The van der Waals surface area contributed by atoms with Crippen LogP contribution in [0.5, 0.6) is 0 Å². The summed E-state index contributed by atoms with van der Waals surface area (Å²) in [6, 6.07) is 0. The zero-order chi connectivity index (χ0) is 11.4. The van der Waals surface area contributed by atoms with Crippen molar-refractivity contribution in [1.82, 2.24) is 0 Å². The van der Waals surface area contributed by atoms with E-state index in [4.69, 9.17) is 4.74 Å². The van der Waals surface area contributed by atoms with Gasteiger partial charge in [0.15, 0.2) is 0 Å². The summed E-state index contributed by atoms with van der Waals surface area (Å²) in [5.41, 5.74) is 0. The maximum absolute atomic E-state index is 5.88. The fourth-order valence-electron chi connectivity index (χ4n) is 1.81. The lowest BCUT2D eigenvalue weighted by Gasteiger charge is -2.15. The highest BCUT2D eigenvalue weighted by molar-refractivity contribution is 4.56. The molecule has 0 aromatic carbocycles. The van der Waals surface area contributed by atoms with Crippen LogP contribution < -0.4 is 0 Å². The van der Waals surface area contributed by atoms with Gasteiger partial charge >= 0.3 is 0 Å². The summed E-state index contributed by atoms with van der Waals surface area (Å²) >= 11 is 0. The maximum Gasteiger partial charge on any atom is 0.0572 e. The molecular weight excluding hydrogens is 184 g/mol.